The van der Waals surface area contributed by atoms with E-state index in [1.807, 2.05) is 34.6 Å². The Bertz CT molecular complexity index is 136. The Hall–Kier alpha value is 0.384. The molecule has 0 spiro atoms. The monoisotopic (exact) mass is 276 g/mol. The van der Waals surface area contributed by atoms with Crippen molar-refractivity contribution in [3.05, 3.63) is 0 Å². The summed E-state index contributed by atoms with van der Waals surface area (Å²) in [6.45, 7) is 11.5. The Balaban J connectivity index is 5.09. The van der Waals surface area contributed by atoms with Gasteiger partial charge in [-0.1, -0.05) is 0 Å². The molecule has 0 radical (unpaired) electrons. The van der Waals surface area contributed by atoms with E-state index < -0.39 is 14.6 Å². The molecule has 100 valence electrons. The Morgan fingerprint density at radius 1 is 0.500 bits per heavy atom. The summed E-state index contributed by atoms with van der Waals surface area (Å²) in [5.74, 6) is 0. The van der Waals surface area contributed by atoms with Crippen molar-refractivity contribution in [3.63, 3.8) is 0 Å². The summed E-state index contributed by atoms with van der Waals surface area (Å²) >= 11 is -4.43. The molecule has 0 saturated heterocycles. The third-order valence-electron chi connectivity index (χ3n) is 1.70. The summed E-state index contributed by atoms with van der Waals surface area (Å²) in [5, 5.41) is 0. The van der Waals surface area contributed by atoms with Crippen molar-refractivity contribution >= 4 is 0 Å². The van der Waals surface area contributed by atoms with E-state index >= 15 is 0 Å². The van der Waals surface area contributed by atoms with E-state index in [1.165, 1.54) is 0 Å². The van der Waals surface area contributed by atoms with Gasteiger partial charge in [-0.05, 0) is 0 Å². The quantitative estimate of drug-likeness (QED) is 0.613. The summed E-state index contributed by atoms with van der Waals surface area (Å²) in [7, 11) is 0. The SMILES string of the molecule is CC[O][V]([O]CC)([O]CC)([O]CC)[O]CC. The van der Waals surface area contributed by atoms with E-state index in [0.29, 0.717) is 33.0 Å². The average Bonchev–Trinajstić information content (AvgIpc) is 2.19. The normalized spacial score (nSPS) is 14.7. The van der Waals surface area contributed by atoms with Gasteiger partial charge >= 0.3 is 101 Å². The van der Waals surface area contributed by atoms with Gasteiger partial charge in [-0.25, -0.2) is 0 Å². The molecule has 0 heterocycles. The molecule has 0 atom stereocenters. The van der Waals surface area contributed by atoms with Crippen LogP contribution in [0.15, 0.2) is 0 Å². The molecule has 0 amide bonds. The van der Waals surface area contributed by atoms with Crippen LogP contribution in [0.2, 0.25) is 0 Å². The maximum atomic E-state index is 5.67. The Kier molecular flexibility index (Phi) is 7.84. The van der Waals surface area contributed by atoms with Crippen LogP contribution in [0.3, 0.4) is 0 Å². The minimum absolute atomic E-state index is 0.436. The molecule has 16 heavy (non-hydrogen) atoms. The molecule has 0 aliphatic carbocycles. The number of rotatable bonds is 10. The molecule has 0 aliphatic heterocycles. The molecular formula is C10H25O5V. The van der Waals surface area contributed by atoms with E-state index in [0.717, 1.165) is 0 Å². The maximum absolute atomic E-state index is 5.67. The van der Waals surface area contributed by atoms with Gasteiger partial charge in [-0.3, -0.25) is 0 Å². The fourth-order valence-electron chi connectivity index (χ4n) is 1.43. The topological polar surface area (TPSA) is 46.2 Å². The second-order valence-corrected chi connectivity index (χ2v) is 7.18. The third-order valence-corrected chi connectivity index (χ3v) is 7.01. The molecule has 0 unspecified atom stereocenters. The zero-order valence-electron chi connectivity index (χ0n) is 11.0. The Morgan fingerprint density at radius 2 is 0.688 bits per heavy atom. The molecule has 0 N–H and O–H groups in total. The van der Waals surface area contributed by atoms with Crippen LogP contribution in [0.5, 0.6) is 0 Å². The van der Waals surface area contributed by atoms with Crippen molar-refractivity contribution in [2.24, 2.45) is 0 Å². The summed E-state index contributed by atoms with van der Waals surface area (Å²) < 4.78 is 28.3. The zero-order valence-corrected chi connectivity index (χ0v) is 12.4. The molecular weight excluding hydrogens is 251 g/mol. The predicted molar refractivity (Wildman–Crippen MR) is 58.1 cm³/mol. The van der Waals surface area contributed by atoms with E-state index in [-0.39, 0.29) is 0 Å². The van der Waals surface area contributed by atoms with Crippen molar-refractivity contribution in [1.29, 1.82) is 0 Å². The van der Waals surface area contributed by atoms with Crippen molar-refractivity contribution in [2.75, 3.05) is 33.0 Å². The van der Waals surface area contributed by atoms with Crippen LogP contribution in [-0.4, -0.2) is 33.0 Å². The first-order valence-electron chi connectivity index (χ1n) is 5.89. The number of hydrogen-bond acceptors (Lipinski definition) is 5. The fourth-order valence-corrected chi connectivity index (χ4v) is 5.88. The summed E-state index contributed by atoms with van der Waals surface area (Å²) in [6.07, 6.45) is 0. The average molecular weight is 276 g/mol. The van der Waals surface area contributed by atoms with E-state index in [1.54, 1.807) is 0 Å². The van der Waals surface area contributed by atoms with Crippen LogP contribution in [0.25, 0.3) is 0 Å². The van der Waals surface area contributed by atoms with Gasteiger partial charge in [0.15, 0.2) is 0 Å². The zero-order chi connectivity index (χ0) is 12.5. The van der Waals surface area contributed by atoms with Gasteiger partial charge in [0, 0.05) is 0 Å². The third kappa shape index (κ3) is 4.00. The van der Waals surface area contributed by atoms with Gasteiger partial charge in [0.1, 0.15) is 0 Å². The van der Waals surface area contributed by atoms with Gasteiger partial charge < -0.3 is 0 Å². The molecule has 0 aromatic heterocycles. The molecule has 5 nitrogen and oxygen atoms in total. The first-order chi connectivity index (χ1) is 7.62. The molecule has 6 heteroatoms. The van der Waals surface area contributed by atoms with Crippen LogP contribution < -0.4 is 0 Å². The Morgan fingerprint density at radius 3 is 0.812 bits per heavy atom. The second kappa shape index (κ2) is 7.66. The van der Waals surface area contributed by atoms with Crippen molar-refractivity contribution in [3.8, 4) is 0 Å². The second-order valence-electron chi connectivity index (χ2n) is 2.83. The van der Waals surface area contributed by atoms with Gasteiger partial charge in [-0.15, -0.1) is 0 Å². The van der Waals surface area contributed by atoms with Crippen LogP contribution in [-0.2, 0) is 33.0 Å². The fraction of sp³-hybridized carbons (Fsp3) is 1.00. The molecule has 0 aliphatic rings. The molecule has 0 saturated carbocycles. The van der Waals surface area contributed by atoms with Gasteiger partial charge in [0.05, 0.1) is 0 Å². The molecule has 0 bridgehead atoms. The number of hydrogen-bond donors (Lipinski definition) is 0. The minimum atomic E-state index is -4.43. The van der Waals surface area contributed by atoms with Crippen LogP contribution in [0.4, 0.5) is 0 Å². The van der Waals surface area contributed by atoms with E-state index in [9.17, 15) is 0 Å². The van der Waals surface area contributed by atoms with Crippen LogP contribution >= 0.6 is 0 Å². The van der Waals surface area contributed by atoms with Crippen LogP contribution in [0, 0.1) is 0 Å². The van der Waals surface area contributed by atoms with Crippen molar-refractivity contribution < 1.29 is 33.0 Å². The summed E-state index contributed by atoms with van der Waals surface area (Å²) in [6, 6.07) is 0. The van der Waals surface area contributed by atoms with E-state index in [2.05, 4.69) is 0 Å². The standard InChI is InChI=1S/5C2H5O.V/c5*1-2-3;/h5*2H2,1H3;/q5*-1;+5. The van der Waals surface area contributed by atoms with Crippen molar-refractivity contribution in [2.45, 2.75) is 34.6 Å². The predicted octanol–water partition coefficient (Wildman–Crippen LogP) is 2.43. The van der Waals surface area contributed by atoms with Gasteiger partial charge in [-0.2, -0.15) is 0 Å². The van der Waals surface area contributed by atoms with Crippen molar-refractivity contribution in [1.82, 2.24) is 0 Å². The van der Waals surface area contributed by atoms with E-state index in [4.69, 9.17) is 18.3 Å². The van der Waals surface area contributed by atoms with Crippen LogP contribution in [0.1, 0.15) is 34.6 Å². The van der Waals surface area contributed by atoms with Gasteiger partial charge in [0.2, 0.25) is 0 Å². The molecule has 0 aromatic carbocycles. The molecule has 0 aromatic rings. The molecule has 0 fully saturated rings. The summed E-state index contributed by atoms with van der Waals surface area (Å²) in [5.41, 5.74) is 0. The first kappa shape index (κ1) is 16.4. The molecule has 0 rings (SSSR count). The summed E-state index contributed by atoms with van der Waals surface area (Å²) in [4.78, 5) is 0. The first-order valence-corrected chi connectivity index (χ1v) is 8.74. The van der Waals surface area contributed by atoms with Gasteiger partial charge in [0.25, 0.3) is 0 Å². The Labute approximate surface area is 101 Å².